The maximum absolute atomic E-state index is 13.0. The van der Waals surface area contributed by atoms with Gasteiger partial charge >= 0.3 is 5.97 Å². The van der Waals surface area contributed by atoms with E-state index in [2.05, 4.69) is 5.10 Å². The van der Waals surface area contributed by atoms with Gasteiger partial charge in [0.25, 0.3) is 0 Å². The van der Waals surface area contributed by atoms with E-state index in [1.165, 1.54) is 19.2 Å². The van der Waals surface area contributed by atoms with Gasteiger partial charge in [0, 0.05) is 6.54 Å². The van der Waals surface area contributed by atoms with Crippen molar-refractivity contribution in [2.45, 2.75) is 18.9 Å². The Hall–Kier alpha value is -1.91. The molecule has 1 heterocycles. The molecule has 1 aromatic rings. The molecule has 0 bridgehead atoms. The Labute approximate surface area is 105 Å². The lowest BCUT2D eigenvalue weighted by molar-refractivity contribution is -0.145. The molecule has 18 heavy (non-hydrogen) atoms. The number of benzene rings is 1. The molecule has 2 rings (SSSR count). The highest BCUT2D eigenvalue weighted by Gasteiger charge is 2.30. The van der Waals surface area contributed by atoms with E-state index < -0.39 is 0 Å². The summed E-state index contributed by atoms with van der Waals surface area (Å²) < 4.78 is 17.7. The Balaban J connectivity index is 2.06. The van der Waals surface area contributed by atoms with E-state index in [4.69, 9.17) is 4.74 Å². The smallest absolute Gasteiger partial charge is 0.330 e. The second-order valence-corrected chi connectivity index (χ2v) is 4.14. The molecule has 4 nitrogen and oxygen atoms in total. The molecule has 1 aliphatic heterocycles. The number of ether oxygens (including phenoxy) is 1. The Kier molecular flexibility index (Phi) is 3.92. The fourth-order valence-electron chi connectivity index (χ4n) is 1.99. The first-order valence-electron chi connectivity index (χ1n) is 5.85. The van der Waals surface area contributed by atoms with Crippen molar-refractivity contribution in [1.82, 2.24) is 5.01 Å². The maximum Gasteiger partial charge on any atom is 0.330 e. The van der Waals surface area contributed by atoms with Gasteiger partial charge in [-0.3, -0.25) is 5.01 Å². The monoisotopic (exact) mass is 250 g/mol. The molecule has 0 N–H and O–H groups in total. The van der Waals surface area contributed by atoms with Gasteiger partial charge in [-0.25, -0.2) is 9.18 Å². The molecule has 0 unspecified atom stereocenters. The molecule has 0 aliphatic carbocycles. The van der Waals surface area contributed by atoms with Crippen molar-refractivity contribution < 1.29 is 13.9 Å². The molecular formula is C13H15FN2O2. The molecule has 0 saturated carbocycles. The summed E-state index contributed by atoms with van der Waals surface area (Å²) >= 11 is 0. The molecule has 0 radical (unpaired) electrons. The Bertz CT molecular complexity index is 462. The lowest BCUT2D eigenvalue weighted by Crippen LogP contribution is -2.33. The highest BCUT2D eigenvalue weighted by molar-refractivity contribution is 5.80. The number of hydrogen-bond acceptors (Lipinski definition) is 4. The molecule has 0 aromatic heterocycles. The zero-order valence-corrected chi connectivity index (χ0v) is 10.2. The Morgan fingerprint density at radius 2 is 2.44 bits per heavy atom. The molecule has 1 saturated heterocycles. The first kappa shape index (κ1) is 12.5. The Morgan fingerprint density at radius 1 is 1.61 bits per heavy atom. The highest BCUT2D eigenvalue weighted by Crippen LogP contribution is 2.18. The van der Waals surface area contributed by atoms with E-state index in [1.807, 2.05) is 0 Å². The van der Waals surface area contributed by atoms with Crippen LogP contribution in [0.3, 0.4) is 0 Å². The van der Waals surface area contributed by atoms with E-state index in [0.717, 1.165) is 12.8 Å². The van der Waals surface area contributed by atoms with Crippen LogP contribution in [0, 0.1) is 5.82 Å². The average molecular weight is 250 g/mol. The third-order valence-corrected chi connectivity index (χ3v) is 2.90. The van der Waals surface area contributed by atoms with Gasteiger partial charge in [0.15, 0.2) is 0 Å². The first-order chi connectivity index (χ1) is 8.70. The molecular weight excluding hydrogens is 235 g/mol. The second kappa shape index (κ2) is 5.62. The minimum absolute atomic E-state index is 0.274. The van der Waals surface area contributed by atoms with Gasteiger partial charge < -0.3 is 4.74 Å². The summed E-state index contributed by atoms with van der Waals surface area (Å²) in [6, 6.07) is 5.84. The van der Waals surface area contributed by atoms with Crippen LogP contribution in [0.4, 0.5) is 4.39 Å². The van der Waals surface area contributed by atoms with Crippen molar-refractivity contribution >= 4 is 12.2 Å². The summed E-state index contributed by atoms with van der Waals surface area (Å²) in [6.07, 6.45) is 3.21. The van der Waals surface area contributed by atoms with Gasteiger partial charge in [0.2, 0.25) is 0 Å². The quantitative estimate of drug-likeness (QED) is 0.606. The number of methoxy groups -OCH3 is 1. The molecule has 1 aromatic carbocycles. The van der Waals surface area contributed by atoms with Gasteiger partial charge in [0.1, 0.15) is 11.9 Å². The summed E-state index contributed by atoms with van der Waals surface area (Å²) in [5.41, 5.74) is 0.672. The molecule has 1 atom stereocenters. The fraction of sp³-hybridized carbons (Fsp3) is 0.385. The van der Waals surface area contributed by atoms with Gasteiger partial charge in [-0.15, -0.1) is 0 Å². The van der Waals surface area contributed by atoms with Crippen LogP contribution in [0.1, 0.15) is 18.4 Å². The van der Waals surface area contributed by atoms with Crippen molar-refractivity contribution in [3.05, 3.63) is 35.6 Å². The third-order valence-electron chi connectivity index (χ3n) is 2.90. The molecule has 1 fully saturated rings. The third kappa shape index (κ3) is 2.85. The first-order valence-corrected chi connectivity index (χ1v) is 5.85. The van der Waals surface area contributed by atoms with E-state index in [-0.39, 0.29) is 17.8 Å². The number of nitrogens with zero attached hydrogens (tertiary/aromatic N) is 2. The zero-order chi connectivity index (χ0) is 13.0. The number of halogens is 1. The topological polar surface area (TPSA) is 41.9 Å². The molecule has 1 aliphatic rings. The van der Waals surface area contributed by atoms with Crippen LogP contribution in [0.2, 0.25) is 0 Å². The van der Waals surface area contributed by atoms with E-state index in [0.29, 0.717) is 12.1 Å². The number of carbonyl (C=O) groups excluding carboxylic acids is 1. The highest BCUT2D eigenvalue weighted by atomic mass is 19.1. The molecule has 0 amide bonds. The predicted molar refractivity (Wildman–Crippen MR) is 65.7 cm³/mol. The van der Waals surface area contributed by atoms with Crippen LogP contribution in [0.25, 0.3) is 0 Å². The summed E-state index contributed by atoms with van der Waals surface area (Å²) in [5, 5.41) is 5.92. The van der Waals surface area contributed by atoms with Crippen LogP contribution >= 0.6 is 0 Å². The van der Waals surface area contributed by atoms with E-state index in [1.54, 1.807) is 23.4 Å². The fourth-order valence-corrected chi connectivity index (χ4v) is 1.99. The normalized spacial score (nSPS) is 19.4. The van der Waals surface area contributed by atoms with Crippen molar-refractivity contribution in [2.75, 3.05) is 13.7 Å². The van der Waals surface area contributed by atoms with Crippen LogP contribution in [-0.2, 0) is 9.53 Å². The van der Waals surface area contributed by atoms with Gasteiger partial charge in [-0.2, -0.15) is 5.10 Å². The Morgan fingerprint density at radius 3 is 3.17 bits per heavy atom. The van der Waals surface area contributed by atoms with Crippen molar-refractivity contribution in [3.8, 4) is 0 Å². The van der Waals surface area contributed by atoms with Crippen LogP contribution in [0.5, 0.6) is 0 Å². The number of carbonyl (C=O) groups is 1. The lowest BCUT2D eigenvalue weighted by Gasteiger charge is -2.18. The molecule has 5 heteroatoms. The van der Waals surface area contributed by atoms with Crippen LogP contribution < -0.4 is 0 Å². The SMILES string of the molecule is COC(=O)[C@H]1CCCN1/N=C/c1cccc(F)c1. The van der Waals surface area contributed by atoms with Crippen LogP contribution in [-0.4, -0.2) is 36.9 Å². The van der Waals surface area contributed by atoms with Gasteiger partial charge in [0.05, 0.1) is 13.3 Å². The average Bonchev–Trinajstić information content (AvgIpc) is 2.84. The van der Waals surface area contributed by atoms with Crippen molar-refractivity contribution in [1.29, 1.82) is 0 Å². The number of hydrogen-bond donors (Lipinski definition) is 0. The predicted octanol–water partition coefficient (Wildman–Crippen LogP) is 1.80. The van der Waals surface area contributed by atoms with E-state index in [9.17, 15) is 9.18 Å². The zero-order valence-electron chi connectivity index (χ0n) is 10.2. The molecule has 0 spiro atoms. The summed E-state index contributed by atoms with van der Waals surface area (Å²) in [7, 11) is 1.37. The minimum atomic E-state index is -0.320. The van der Waals surface area contributed by atoms with Gasteiger partial charge in [-0.05, 0) is 30.5 Å². The number of hydrazone groups is 1. The second-order valence-electron chi connectivity index (χ2n) is 4.14. The molecule has 96 valence electrons. The maximum atomic E-state index is 13.0. The largest absolute Gasteiger partial charge is 0.467 e. The summed E-state index contributed by atoms with van der Waals surface area (Å²) in [4.78, 5) is 11.5. The van der Waals surface area contributed by atoms with Crippen LogP contribution in [0.15, 0.2) is 29.4 Å². The number of rotatable bonds is 3. The summed E-state index contributed by atoms with van der Waals surface area (Å²) in [6.45, 7) is 0.714. The minimum Gasteiger partial charge on any atom is -0.467 e. The standard InChI is InChI=1S/C13H15FN2O2/c1-18-13(17)12-6-3-7-16(12)15-9-10-4-2-5-11(14)8-10/h2,4-5,8-9,12H,3,6-7H2,1H3/b15-9+/t12-/m1/s1. The van der Waals surface area contributed by atoms with Crippen molar-refractivity contribution in [3.63, 3.8) is 0 Å². The summed E-state index contributed by atoms with van der Waals surface area (Å²) in [5.74, 6) is -0.575. The van der Waals surface area contributed by atoms with E-state index >= 15 is 0 Å². The lowest BCUT2D eigenvalue weighted by atomic mass is 10.2. The van der Waals surface area contributed by atoms with Gasteiger partial charge in [-0.1, -0.05) is 12.1 Å². The van der Waals surface area contributed by atoms with Crippen molar-refractivity contribution in [2.24, 2.45) is 5.10 Å². The number of esters is 1.